The van der Waals surface area contributed by atoms with Gasteiger partial charge in [-0.2, -0.15) is 0 Å². The van der Waals surface area contributed by atoms with E-state index in [1.807, 2.05) is 68.4 Å². The average molecular weight is 413 g/mol. The maximum Gasteiger partial charge on any atom is 0.247 e. The Balaban J connectivity index is 2.35. The number of amides is 2. The first-order valence-corrected chi connectivity index (χ1v) is 10.2. The van der Waals surface area contributed by atoms with Gasteiger partial charge in [0.15, 0.2) is 0 Å². The largest absolute Gasteiger partial charge is 0.497 e. The van der Waals surface area contributed by atoms with Gasteiger partial charge in [-0.1, -0.05) is 56.3 Å². The van der Waals surface area contributed by atoms with E-state index in [-0.39, 0.29) is 17.7 Å². The molecule has 6 heteroatoms. The first kappa shape index (κ1) is 23.4. The third-order valence-corrected chi connectivity index (χ3v) is 4.79. The number of ether oxygens (including phenoxy) is 2. The van der Waals surface area contributed by atoms with E-state index in [1.54, 1.807) is 19.1 Å². The van der Waals surface area contributed by atoms with Crippen LogP contribution in [-0.4, -0.2) is 44.1 Å². The van der Waals surface area contributed by atoms with Gasteiger partial charge in [0, 0.05) is 32.7 Å². The molecule has 2 aromatic rings. The lowest BCUT2D eigenvalue weighted by molar-refractivity contribution is -0.144. The summed E-state index contributed by atoms with van der Waals surface area (Å²) in [6.45, 7) is 5.08. The minimum Gasteiger partial charge on any atom is -0.497 e. The molecule has 0 radical (unpaired) electrons. The van der Waals surface area contributed by atoms with Crippen LogP contribution in [0.2, 0.25) is 0 Å². The number of benzene rings is 2. The normalized spacial score (nSPS) is 11.8. The number of carbonyl (C=O) groups is 2. The van der Waals surface area contributed by atoms with Gasteiger partial charge < -0.3 is 19.7 Å². The minimum atomic E-state index is -0.717. The third-order valence-electron chi connectivity index (χ3n) is 4.79. The van der Waals surface area contributed by atoms with Crippen LogP contribution in [-0.2, 0) is 20.9 Å². The quantitative estimate of drug-likeness (QED) is 0.573. The van der Waals surface area contributed by atoms with E-state index < -0.39 is 6.04 Å². The molecule has 2 rings (SSSR count). The Morgan fingerprint density at radius 1 is 1.00 bits per heavy atom. The molecule has 1 N–H and O–H groups in total. The van der Waals surface area contributed by atoms with E-state index in [0.717, 1.165) is 16.9 Å². The van der Waals surface area contributed by atoms with Gasteiger partial charge in [0.2, 0.25) is 11.8 Å². The highest BCUT2D eigenvalue weighted by molar-refractivity contribution is 5.89. The Hall–Kier alpha value is -2.86. The van der Waals surface area contributed by atoms with Crippen molar-refractivity contribution in [2.24, 2.45) is 5.92 Å². The molecule has 0 aliphatic rings. The van der Waals surface area contributed by atoms with Gasteiger partial charge in [0.05, 0.1) is 7.11 Å². The standard InChI is InChI=1S/C24H32N2O4/c1-18(2)24(28)26(17-19-11-13-21(30-4)14-12-19)22(20-9-6-5-7-10-20)23(27)25-15-8-16-29-3/h5-7,9-14,18,22H,8,15-17H2,1-4H3,(H,25,27)/t22-/m1/s1. The van der Waals surface area contributed by atoms with Crippen molar-refractivity contribution in [3.8, 4) is 5.75 Å². The highest BCUT2D eigenvalue weighted by Crippen LogP contribution is 2.26. The lowest BCUT2D eigenvalue weighted by Crippen LogP contribution is -2.45. The summed E-state index contributed by atoms with van der Waals surface area (Å²) in [5, 5.41) is 2.96. The molecule has 0 heterocycles. The highest BCUT2D eigenvalue weighted by Gasteiger charge is 2.32. The summed E-state index contributed by atoms with van der Waals surface area (Å²) >= 11 is 0. The first-order chi connectivity index (χ1) is 14.5. The van der Waals surface area contributed by atoms with Crippen LogP contribution in [0.4, 0.5) is 0 Å². The number of nitrogens with zero attached hydrogens (tertiary/aromatic N) is 1. The second-order valence-corrected chi connectivity index (χ2v) is 7.42. The predicted molar refractivity (Wildman–Crippen MR) is 117 cm³/mol. The fourth-order valence-corrected chi connectivity index (χ4v) is 3.19. The van der Waals surface area contributed by atoms with Crippen LogP contribution in [0.1, 0.15) is 37.4 Å². The molecule has 2 amide bonds. The average Bonchev–Trinajstić information content (AvgIpc) is 2.77. The molecule has 0 aliphatic carbocycles. The molecule has 0 spiro atoms. The molecule has 0 bridgehead atoms. The zero-order valence-electron chi connectivity index (χ0n) is 18.3. The van der Waals surface area contributed by atoms with Crippen molar-refractivity contribution < 1.29 is 19.1 Å². The highest BCUT2D eigenvalue weighted by atomic mass is 16.5. The molecular formula is C24H32N2O4. The maximum absolute atomic E-state index is 13.2. The van der Waals surface area contributed by atoms with Crippen molar-refractivity contribution >= 4 is 11.8 Å². The zero-order chi connectivity index (χ0) is 21.9. The third kappa shape index (κ3) is 6.59. The maximum atomic E-state index is 13.2. The zero-order valence-corrected chi connectivity index (χ0v) is 18.3. The van der Waals surface area contributed by atoms with E-state index in [4.69, 9.17) is 9.47 Å². The van der Waals surface area contributed by atoms with E-state index in [0.29, 0.717) is 26.1 Å². The summed E-state index contributed by atoms with van der Waals surface area (Å²) in [5.41, 5.74) is 1.71. The van der Waals surface area contributed by atoms with Crippen molar-refractivity contribution in [3.63, 3.8) is 0 Å². The summed E-state index contributed by atoms with van der Waals surface area (Å²) in [6.07, 6.45) is 0.709. The van der Waals surface area contributed by atoms with Crippen LogP contribution in [0, 0.1) is 5.92 Å². The Kier molecular flexibility index (Phi) is 9.35. The molecule has 0 saturated carbocycles. The number of rotatable bonds is 11. The Morgan fingerprint density at radius 3 is 2.23 bits per heavy atom. The second-order valence-electron chi connectivity index (χ2n) is 7.42. The van der Waals surface area contributed by atoms with Crippen LogP contribution in [0.15, 0.2) is 54.6 Å². The summed E-state index contributed by atoms with van der Waals surface area (Å²) in [7, 11) is 3.25. The molecule has 2 aromatic carbocycles. The molecule has 0 aliphatic heterocycles. The molecule has 30 heavy (non-hydrogen) atoms. The van der Waals surface area contributed by atoms with Crippen LogP contribution >= 0.6 is 0 Å². The number of carbonyl (C=O) groups excluding carboxylic acids is 2. The van der Waals surface area contributed by atoms with Gasteiger partial charge in [0.1, 0.15) is 11.8 Å². The van der Waals surface area contributed by atoms with Gasteiger partial charge in [-0.3, -0.25) is 9.59 Å². The van der Waals surface area contributed by atoms with Crippen molar-refractivity contribution in [1.82, 2.24) is 10.2 Å². The molecule has 0 aromatic heterocycles. The van der Waals surface area contributed by atoms with Gasteiger partial charge in [-0.15, -0.1) is 0 Å². The molecule has 0 saturated heterocycles. The van der Waals surface area contributed by atoms with Crippen LogP contribution < -0.4 is 10.1 Å². The second kappa shape index (κ2) is 12.0. The molecule has 0 unspecified atom stereocenters. The molecular weight excluding hydrogens is 380 g/mol. The first-order valence-electron chi connectivity index (χ1n) is 10.2. The van der Waals surface area contributed by atoms with Crippen molar-refractivity contribution in [2.75, 3.05) is 27.4 Å². The molecule has 1 atom stereocenters. The van der Waals surface area contributed by atoms with Crippen molar-refractivity contribution in [2.45, 2.75) is 32.9 Å². The van der Waals surface area contributed by atoms with Crippen LogP contribution in [0.3, 0.4) is 0 Å². The minimum absolute atomic E-state index is 0.0771. The van der Waals surface area contributed by atoms with Crippen LogP contribution in [0.25, 0.3) is 0 Å². The smallest absolute Gasteiger partial charge is 0.247 e. The number of hydrogen-bond donors (Lipinski definition) is 1. The summed E-state index contributed by atoms with van der Waals surface area (Å²) < 4.78 is 10.3. The van der Waals surface area contributed by atoms with Gasteiger partial charge in [0.25, 0.3) is 0 Å². The van der Waals surface area contributed by atoms with E-state index >= 15 is 0 Å². The number of hydrogen-bond acceptors (Lipinski definition) is 4. The Bertz CT molecular complexity index is 791. The van der Waals surface area contributed by atoms with Crippen LogP contribution in [0.5, 0.6) is 5.75 Å². The summed E-state index contributed by atoms with van der Waals surface area (Å²) in [4.78, 5) is 28.0. The van der Waals surface area contributed by atoms with Crippen molar-refractivity contribution in [3.05, 3.63) is 65.7 Å². The number of methoxy groups -OCH3 is 2. The van der Waals surface area contributed by atoms with Gasteiger partial charge >= 0.3 is 0 Å². The summed E-state index contributed by atoms with van der Waals surface area (Å²) in [6, 6.07) is 16.3. The van der Waals surface area contributed by atoms with Crippen molar-refractivity contribution in [1.29, 1.82) is 0 Å². The Morgan fingerprint density at radius 2 is 1.67 bits per heavy atom. The SMILES string of the molecule is COCCCNC(=O)[C@@H](c1ccccc1)N(Cc1ccc(OC)cc1)C(=O)C(C)C. The lowest BCUT2D eigenvalue weighted by atomic mass is 10.0. The Labute approximate surface area is 179 Å². The molecule has 162 valence electrons. The molecule has 0 fully saturated rings. The monoisotopic (exact) mass is 412 g/mol. The van der Waals surface area contributed by atoms with Gasteiger partial charge in [-0.05, 0) is 29.7 Å². The summed E-state index contributed by atoms with van der Waals surface area (Å²) in [5.74, 6) is 0.235. The van der Waals surface area contributed by atoms with E-state index in [2.05, 4.69) is 5.32 Å². The fraction of sp³-hybridized carbons (Fsp3) is 0.417. The van der Waals surface area contributed by atoms with E-state index in [9.17, 15) is 9.59 Å². The topological polar surface area (TPSA) is 67.9 Å². The lowest BCUT2D eigenvalue weighted by Gasteiger charge is -2.33. The fourth-order valence-electron chi connectivity index (χ4n) is 3.19. The molecule has 6 nitrogen and oxygen atoms in total. The van der Waals surface area contributed by atoms with Gasteiger partial charge in [-0.25, -0.2) is 0 Å². The number of nitrogens with one attached hydrogen (secondary N) is 1. The predicted octanol–water partition coefficient (Wildman–Crippen LogP) is 3.57. The van der Waals surface area contributed by atoms with E-state index in [1.165, 1.54) is 0 Å².